The van der Waals surface area contributed by atoms with E-state index in [9.17, 15) is 0 Å². The van der Waals surface area contributed by atoms with Crippen molar-refractivity contribution in [3.8, 4) is 10.6 Å². The number of nitrogens with zero attached hydrogens (tertiary/aromatic N) is 4. The molecule has 3 aromatic heterocycles. The highest BCUT2D eigenvalue weighted by Gasteiger charge is 2.10. The van der Waals surface area contributed by atoms with E-state index in [1.807, 2.05) is 35.2 Å². The number of aromatic nitrogens is 2. The van der Waals surface area contributed by atoms with Gasteiger partial charge in [0.25, 0.3) is 0 Å². The van der Waals surface area contributed by atoms with Crippen LogP contribution < -0.4 is 21.8 Å². The van der Waals surface area contributed by atoms with E-state index in [-0.39, 0.29) is 17.0 Å². The molecular weight excluding hydrogens is 511 g/mol. The second-order valence-corrected chi connectivity index (χ2v) is 8.45. The van der Waals surface area contributed by atoms with Crippen molar-refractivity contribution < 1.29 is 17.0 Å². The molecule has 0 atom stereocenters. The van der Waals surface area contributed by atoms with Gasteiger partial charge in [0.15, 0.2) is 0 Å². The summed E-state index contributed by atoms with van der Waals surface area (Å²) < 4.78 is 1.86. The number of benzene rings is 1. The molecule has 0 saturated heterocycles. The largest absolute Gasteiger partial charge is 1.00 e. The second kappa shape index (κ2) is 9.82. The Morgan fingerprint density at radius 3 is 2.55 bits per heavy atom. The Morgan fingerprint density at radius 1 is 1.07 bits per heavy atom. The van der Waals surface area contributed by atoms with Crippen molar-refractivity contribution >= 4 is 57.3 Å². The molecule has 0 spiro atoms. The summed E-state index contributed by atoms with van der Waals surface area (Å²) in [5, 5.41) is 10.0. The van der Waals surface area contributed by atoms with E-state index in [0.29, 0.717) is 15.7 Å². The van der Waals surface area contributed by atoms with Crippen LogP contribution in [0.25, 0.3) is 10.6 Å². The number of thiazole rings is 1. The first-order valence-electron chi connectivity index (χ1n) is 8.32. The van der Waals surface area contributed by atoms with Crippen molar-refractivity contribution in [3.05, 3.63) is 86.0 Å². The van der Waals surface area contributed by atoms with E-state index in [2.05, 4.69) is 16.4 Å². The van der Waals surface area contributed by atoms with Crippen molar-refractivity contribution in [2.45, 2.75) is 6.92 Å². The number of hydrogen-bond donors (Lipinski definition) is 0. The van der Waals surface area contributed by atoms with Gasteiger partial charge in [0, 0.05) is 28.4 Å². The molecule has 29 heavy (non-hydrogen) atoms. The van der Waals surface area contributed by atoms with E-state index < -0.39 is 0 Å². The third-order valence-corrected chi connectivity index (χ3v) is 6.18. The van der Waals surface area contributed by atoms with Gasteiger partial charge in [-0.25, -0.2) is 9.67 Å². The lowest BCUT2D eigenvalue weighted by Gasteiger charge is -2.05. The monoisotopic (exact) mass is 523 g/mol. The molecule has 0 aliphatic heterocycles. The fourth-order valence-electron chi connectivity index (χ4n) is 2.54. The third-order valence-electron chi connectivity index (χ3n) is 3.93. The Bertz CT molecular complexity index is 1200. The van der Waals surface area contributed by atoms with E-state index >= 15 is 0 Å². The Balaban J connectivity index is 0.00000240. The van der Waals surface area contributed by atoms with Gasteiger partial charge in [-0.1, -0.05) is 29.3 Å². The molecule has 4 aromatic rings. The lowest BCUT2D eigenvalue weighted by Crippen LogP contribution is -3.00. The Kier molecular flexibility index (Phi) is 7.43. The van der Waals surface area contributed by atoms with E-state index in [0.717, 1.165) is 26.6 Å². The molecule has 0 N–H and O–H groups in total. The average molecular weight is 525 g/mol. The fraction of sp³-hybridized carbons (Fsp3) is 0.0500. The predicted molar refractivity (Wildman–Crippen MR) is 119 cm³/mol. The van der Waals surface area contributed by atoms with Gasteiger partial charge >= 0.3 is 0 Å². The van der Waals surface area contributed by atoms with Crippen molar-refractivity contribution in [1.29, 1.82) is 0 Å². The first-order valence-corrected chi connectivity index (χ1v) is 10.8. The normalized spacial score (nSPS) is 12.1. The number of halogens is 3. The Morgan fingerprint density at radius 2 is 1.86 bits per heavy atom. The molecule has 3 heterocycles. The molecule has 0 bridgehead atoms. The van der Waals surface area contributed by atoms with E-state index in [4.69, 9.17) is 33.3 Å². The molecule has 0 unspecified atom stereocenters. The molecule has 0 amide bonds. The zero-order chi connectivity index (χ0) is 19.5. The molecule has 0 saturated carbocycles. The van der Waals surface area contributed by atoms with Gasteiger partial charge in [-0.3, -0.25) is 4.98 Å². The SMILES string of the molecule is C/C(=N\n1c(-c2cccs2)csc1=Nc1ccc(Cl)cc1Cl)c1ccncc1.[Br-]. The van der Waals surface area contributed by atoms with Gasteiger partial charge in [-0.2, -0.15) is 5.10 Å². The number of rotatable bonds is 4. The van der Waals surface area contributed by atoms with Crippen LogP contribution in [0.2, 0.25) is 10.0 Å². The third kappa shape index (κ3) is 5.05. The summed E-state index contributed by atoms with van der Waals surface area (Å²) in [5.74, 6) is 0. The van der Waals surface area contributed by atoms with Gasteiger partial charge in [0.05, 0.1) is 27.0 Å². The van der Waals surface area contributed by atoms with Gasteiger partial charge in [-0.15, -0.1) is 22.7 Å². The van der Waals surface area contributed by atoms with Crippen LogP contribution in [0.1, 0.15) is 12.5 Å². The summed E-state index contributed by atoms with van der Waals surface area (Å²) in [6.45, 7) is 1.97. The molecule has 4 rings (SSSR count). The summed E-state index contributed by atoms with van der Waals surface area (Å²) in [6.07, 6.45) is 3.51. The minimum Gasteiger partial charge on any atom is -1.00 e. The standard InChI is InChI=1S/C20H14Cl2N4S2.BrH/c1-13(14-6-8-23-9-7-14)25-26-18(19-3-2-10-27-19)12-28-20(26)24-17-5-4-15(21)11-16(17)22;/h2-12H,1H3;1H/p-1/b24-20?,25-13+;. The van der Waals surface area contributed by atoms with Gasteiger partial charge < -0.3 is 17.0 Å². The zero-order valence-corrected chi connectivity index (χ0v) is 19.8. The van der Waals surface area contributed by atoms with Crippen LogP contribution in [-0.2, 0) is 0 Å². The first kappa shape index (κ1) is 21.9. The van der Waals surface area contributed by atoms with Crippen LogP contribution in [0, 0.1) is 0 Å². The van der Waals surface area contributed by atoms with Gasteiger partial charge in [0.1, 0.15) is 0 Å². The highest BCUT2D eigenvalue weighted by molar-refractivity contribution is 7.14. The quantitative estimate of drug-likeness (QED) is 0.377. The zero-order valence-electron chi connectivity index (χ0n) is 15.1. The summed E-state index contributed by atoms with van der Waals surface area (Å²) in [7, 11) is 0. The molecule has 0 fully saturated rings. The van der Waals surface area contributed by atoms with Crippen LogP contribution in [0.3, 0.4) is 0 Å². The average Bonchev–Trinajstić information content (AvgIpc) is 3.35. The van der Waals surface area contributed by atoms with E-state index in [1.54, 1.807) is 41.9 Å². The topological polar surface area (TPSA) is 42.5 Å². The van der Waals surface area contributed by atoms with Crippen LogP contribution in [0.4, 0.5) is 5.69 Å². The Hall–Kier alpha value is -1.77. The van der Waals surface area contributed by atoms with Gasteiger partial charge in [-0.05, 0) is 48.7 Å². The molecule has 0 aliphatic carbocycles. The van der Waals surface area contributed by atoms with Crippen molar-refractivity contribution in [2.75, 3.05) is 0 Å². The maximum atomic E-state index is 6.32. The number of pyridine rings is 1. The second-order valence-electron chi connectivity index (χ2n) is 5.82. The first-order chi connectivity index (χ1) is 13.6. The summed E-state index contributed by atoms with van der Waals surface area (Å²) in [5.41, 5.74) is 3.50. The van der Waals surface area contributed by atoms with Crippen molar-refractivity contribution in [2.24, 2.45) is 10.1 Å². The lowest BCUT2D eigenvalue weighted by atomic mass is 10.2. The Labute approximate surface area is 196 Å². The predicted octanol–water partition coefficient (Wildman–Crippen LogP) is 3.49. The fourth-order valence-corrected chi connectivity index (χ4v) is 4.63. The molecule has 148 valence electrons. The smallest absolute Gasteiger partial charge is 0.211 e. The maximum absolute atomic E-state index is 6.32. The lowest BCUT2D eigenvalue weighted by molar-refractivity contribution is -0.00000538. The summed E-state index contributed by atoms with van der Waals surface area (Å²) in [4.78, 5) is 10.6. The minimum absolute atomic E-state index is 0. The summed E-state index contributed by atoms with van der Waals surface area (Å²) >= 11 is 15.5. The molecule has 1 aromatic carbocycles. The maximum Gasteiger partial charge on any atom is 0.211 e. The highest BCUT2D eigenvalue weighted by atomic mass is 79.9. The number of thiophene rings is 1. The summed E-state index contributed by atoms with van der Waals surface area (Å²) in [6, 6.07) is 13.2. The van der Waals surface area contributed by atoms with Crippen LogP contribution in [-0.4, -0.2) is 15.4 Å². The molecule has 9 heteroatoms. The van der Waals surface area contributed by atoms with Crippen LogP contribution >= 0.6 is 45.9 Å². The van der Waals surface area contributed by atoms with Crippen LogP contribution in [0.15, 0.2) is 75.7 Å². The van der Waals surface area contributed by atoms with Gasteiger partial charge in [0.2, 0.25) is 4.80 Å². The highest BCUT2D eigenvalue weighted by Crippen LogP contribution is 2.29. The number of hydrogen-bond acceptors (Lipinski definition) is 5. The van der Waals surface area contributed by atoms with Crippen LogP contribution in [0.5, 0.6) is 0 Å². The van der Waals surface area contributed by atoms with E-state index in [1.165, 1.54) is 11.3 Å². The molecular formula is C20H14BrCl2N4S2-. The minimum atomic E-state index is 0. The molecule has 0 aliphatic rings. The van der Waals surface area contributed by atoms with Crippen molar-refractivity contribution in [1.82, 2.24) is 9.66 Å². The van der Waals surface area contributed by atoms with Crippen molar-refractivity contribution in [3.63, 3.8) is 0 Å². The molecule has 4 nitrogen and oxygen atoms in total. The molecule has 0 radical (unpaired) electrons.